The first-order chi connectivity index (χ1) is 11.8. The fourth-order valence-electron chi connectivity index (χ4n) is 2.93. The maximum Gasteiger partial charge on any atom is 0.340 e. The number of benzene rings is 1. The molecule has 0 radical (unpaired) electrons. The van der Waals surface area contributed by atoms with Crippen molar-refractivity contribution in [1.82, 2.24) is 4.98 Å². The molecule has 0 aliphatic rings. The Morgan fingerprint density at radius 3 is 2.48 bits per heavy atom. The van der Waals surface area contributed by atoms with Gasteiger partial charge in [0.2, 0.25) is 0 Å². The largest absolute Gasteiger partial charge is 0.459 e. The van der Waals surface area contributed by atoms with E-state index in [4.69, 9.17) is 4.74 Å². The van der Waals surface area contributed by atoms with Gasteiger partial charge in [0.25, 0.3) is 5.91 Å². The molecule has 1 heterocycles. The molecule has 0 atom stereocenters. The van der Waals surface area contributed by atoms with Gasteiger partial charge in [0.05, 0.1) is 11.7 Å². The van der Waals surface area contributed by atoms with Crippen molar-refractivity contribution in [2.75, 3.05) is 5.32 Å². The Balaban J connectivity index is 2.34. The summed E-state index contributed by atoms with van der Waals surface area (Å²) in [5.41, 5.74) is 4.97. The highest BCUT2D eigenvalue weighted by Crippen LogP contribution is 2.24. The number of hydrogen-bond acceptors (Lipinski definition) is 3. The Labute approximate surface area is 148 Å². The molecular formula is C20H26N2O3. The molecule has 0 saturated carbocycles. The van der Waals surface area contributed by atoms with Gasteiger partial charge in [-0.25, -0.2) is 4.79 Å². The lowest BCUT2D eigenvalue weighted by Crippen LogP contribution is -2.16. The molecule has 0 unspecified atom stereocenters. The first-order valence-corrected chi connectivity index (χ1v) is 8.56. The van der Waals surface area contributed by atoms with Crippen LogP contribution in [0.3, 0.4) is 0 Å². The van der Waals surface area contributed by atoms with E-state index in [0.29, 0.717) is 22.5 Å². The van der Waals surface area contributed by atoms with Crippen molar-refractivity contribution < 1.29 is 14.3 Å². The van der Waals surface area contributed by atoms with E-state index in [1.165, 1.54) is 0 Å². The van der Waals surface area contributed by atoms with Gasteiger partial charge < -0.3 is 15.0 Å². The molecule has 1 aromatic heterocycles. The average Bonchev–Trinajstić information content (AvgIpc) is 2.83. The van der Waals surface area contributed by atoms with Crippen LogP contribution >= 0.6 is 0 Å². The second-order valence-corrected chi connectivity index (χ2v) is 6.50. The van der Waals surface area contributed by atoms with Crippen LogP contribution in [0.15, 0.2) is 18.2 Å². The van der Waals surface area contributed by atoms with Gasteiger partial charge in [0.1, 0.15) is 5.69 Å². The van der Waals surface area contributed by atoms with Crippen molar-refractivity contribution in [3.63, 3.8) is 0 Å². The van der Waals surface area contributed by atoms with Gasteiger partial charge in [-0.2, -0.15) is 0 Å². The highest BCUT2D eigenvalue weighted by Gasteiger charge is 2.24. The molecule has 1 aromatic carbocycles. The number of amides is 1. The Morgan fingerprint density at radius 2 is 1.88 bits per heavy atom. The third kappa shape index (κ3) is 3.92. The lowest BCUT2D eigenvalue weighted by Gasteiger charge is -2.13. The third-order valence-corrected chi connectivity index (χ3v) is 4.19. The summed E-state index contributed by atoms with van der Waals surface area (Å²) >= 11 is 0. The monoisotopic (exact) mass is 342 g/mol. The summed E-state index contributed by atoms with van der Waals surface area (Å²) in [5, 5.41) is 2.98. The van der Waals surface area contributed by atoms with Crippen LogP contribution in [-0.2, 0) is 11.2 Å². The number of nitrogens with one attached hydrogen (secondary N) is 2. The average molecular weight is 342 g/mol. The van der Waals surface area contributed by atoms with Crippen LogP contribution in [0, 0.1) is 20.8 Å². The van der Waals surface area contributed by atoms with E-state index in [2.05, 4.69) is 17.2 Å². The maximum atomic E-state index is 12.8. The summed E-state index contributed by atoms with van der Waals surface area (Å²) in [4.78, 5) is 28.1. The van der Waals surface area contributed by atoms with Crippen LogP contribution in [0.5, 0.6) is 0 Å². The van der Waals surface area contributed by atoms with Crippen LogP contribution in [0.4, 0.5) is 5.69 Å². The molecule has 0 bridgehead atoms. The lowest BCUT2D eigenvalue weighted by atomic mass is 10.1. The van der Waals surface area contributed by atoms with Gasteiger partial charge in [-0.05, 0) is 57.7 Å². The zero-order valence-corrected chi connectivity index (χ0v) is 15.7. The number of esters is 1. The normalized spacial score (nSPS) is 10.8. The van der Waals surface area contributed by atoms with E-state index >= 15 is 0 Å². The van der Waals surface area contributed by atoms with Gasteiger partial charge in [-0.3, -0.25) is 4.79 Å². The van der Waals surface area contributed by atoms with Crippen LogP contribution < -0.4 is 5.32 Å². The number of H-pyrrole nitrogens is 1. The van der Waals surface area contributed by atoms with Crippen molar-refractivity contribution in [1.29, 1.82) is 0 Å². The second-order valence-electron chi connectivity index (χ2n) is 6.50. The summed E-state index contributed by atoms with van der Waals surface area (Å²) in [6.07, 6.45) is 0.615. The van der Waals surface area contributed by atoms with E-state index in [1.807, 2.05) is 25.1 Å². The number of anilines is 1. The minimum absolute atomic E-state index is 0.211. The number of para-hydroxylation sites is 1. The molecule has 0 spiro atoms. The predicted molar refractivity (Wildman–Crippen MR) is 99.3 cm³/mol. The number of carbonyl (C=O) groups excluding carboxylic acids is 2. The summed E-state index contributed by atoms with van der Waals surface area (Å²) in [7, 11) is 0. The van der Waals surface area contributed by atoms with Crippen molar-refractivity contribution in [2.24, 2.45) is 0 Å². The van der Waals surface area contributed by atoms with Gasteiger partial charge >= 0.3 is 5.97 Å². The van der Waals surface area contributed by atoms with Crippen molar-refractivity contribution in [2.45, 2.75) is 54.1 Å². The minimum atomic E-state index is -0.412. The number of carbonyl (C=O) groups is 2. The molecule has 5 heteroatoms. The highest BCUT2D eigenvalue weighted by molar-refractivity contribution is 6.07. The standard InChI is InChI=1S/C20H26N2O3/c1-7-15-10-8-9-12(4)17(15)22-19(23)18-13(5)16(14(6)21-18)20(24)25-11(2)3/h8-11,21H,7H2,1-6H3,(H,22,23). The molecule has 134 valence electrons. The summed E-state index contributed by atoms with van der Waals surface area (Å²) in [6, 6.07) is 5.95. The first-order valence-electron chi connectivity index (χ1n) is 8.56. The van der Waals surface area contributed by atoms with Gasteiger partial charge in [0, 0.05) is 11.4 Å². The summed E-state index contributed by atoms with van der Waals surface area (Å²) in [5.74, 6) is -0.668. The topological polar surface area (TPSA) is 71.2 Å². The molecule has 0 aliphatic heterocycles. The van der Waals surface area contributed by atoms with E-state index in [9.17, 15) is 9.59 Å². The summed E-state index contributed by atoms with van der Waals surface area (Å²) < 4.78 is 5.27. The first kappa shape index (κ1) is 18.8. The Morgan fingerprint density at radius 1 is 1.20 bits per heavy atom. The SMILES string of the molecule is CCc1cccc(C)c1NC(=O)c1[nH]c(C)c(C(=O)OC(C)C)c1C. The third-order valence-electron chi connectivity index (χ3n) is 4.19. The molecule has 0 fully saturated rings. The second kappa shape index (κ2) is 7.55. The smallest absolute Gasteiger partial charge is 0.340 e. The van der Waals surface area contributed by atoms with Crippen LogP contribution in [0.2, 0.25) is 0 Å². The van der Waals surface area contributed by atoms with Crippen LogP contribution in [-0.4, -0.2) is 23.0 Å². The minimum Gasteiger partial charge on any atom is -0.459 e. The van der Waals surface area contributed by atoms with Crippen molar-refractivity contribution >= 4 is 17.6 Å². The van der Waals surface area contributed by atoms with Crippen LogP contribution in [0.1, 0.15) is 64.0 Å². The predicted octanol–water partition coefficient (Wildman–Crippen LogP) is 4.32. The van der Waals surface area contributed by atoms with E-state index in [-0.39, 0.29) is 12.0 Å². The maximum absolute atomic E-state index is 12.8. The van der Waals surface area contributed by atoms with Gasteiger partial charge in [0.15, 0.2) is 0 Å². The summed E-state index contributed by atoms with van der Waals surface area (Å²) in [6.45, 7) is 11.1. The van der Waals surface area contributed by atoms with E-state index < -0.39 is 5.97 Å². The quantitative estimate of drug-likeness (QED) is 0.795. The molecule has 2 rings (SSSR count). The number of aryl methyl sites for hydroxylation is 3. The van der Waals surface area contributed by atoms with Gasteiger partial charge in [-0.1, -0.05) is 25.1 Å². The molecule has 25 heavy (non-hydrogen) atoms. The Hall–Kier alpha value is -2.56. The molecule has 2 N–H and O–H groups in total. The zero-order valence-electron chi connectivity index (χ0n) is 15.7. The number of hydrogen-bond donors (Lipinski definition) is 2. The number of aromatic nitrogens is 1. The zero-order chi connectivity index (χ0) is 18.7. The number of ether oxygens (including phenoxy) is 1. The fourth-order valence-corrected chi connectivity index (χ4v) is 2.93. The number of rotatable bonds is 5. The fraction of sp³-hybridized carbons (Fsp3) is 0.400. The molecule has 0 aliphatic carbocycles. The van der Waals surface area contributed by atoms with E-state index in [0.717, 1.165) is 23.2 Å². The van der Waals surface area contributed by atoms with Crippen molar-refractivity contribution in [3.05, 3.63) is 51.8 Å². The Kier molecular flexibility index (Phi) is 5.67. The Bertz CT molecular complexity index is 804. The number of aromatic amines is 1. The van der Waals surface area contributed by atoms with E-state index in [1.54, 1.807) is 27.7 Å². The van der Waals surface area contributed by atoms with Gasteiger partial charge in [-0.15, -0.1) is 0 Å². The van der Waals surface area contributed by atoms with Crippen LogP contribution in [0.25, 0.3) is 0 Å². The highest BCUT2D eigenvalue weighted by atomic mass is 16.5. The lowest BCUT2D eigenvalue weighted by molar-refractivity contribution is 0.0376. The molecular weight excluding hydrogens is 316 g/mol. The molecule has 1 amide bonds. The molecule has 0 saturated heterocycles. The van der Waals surface area contributed by atoms with Crippen molar-refractivity contribution in [3.8, 4) is 0 Å². The molecule has 5 nitrogen and oxygen atoms in total. The molecule has 2 aromatic rings.